The summed E-state index contributed by atoms with van der Waals surface area (Å²) in [5, 5.41) is 0. The van der Waals surface area contributed by atoms with Gasteiger partial charge in [-0.25, -0.2) is 0 Å². The molecule has 0 spiro atoms. The number of nitrogen functional groups attached to an aromatic ring is 1. The van der Waals surface area contributed by atoms with Crippen LogP contribution in [0, 0.1) is 0 Å². The van der Waals surface area contributed by atoms with Gasteiger partial charge in [0.05, 0.1) is 38.6 Å². The summed E-state index contributed by atoms with van der Waals surface area (Å²) in [5.41, 5.74) is 6.45. The topological polar surface area (TPSA) is 62.9 Å². The van der Waals surface area contributed by atoms with Crippen LogP contribution in [0.2, 0.25) is 0 Å². The molecule has 24 heavy (non-hydrogen) atoms. The highest BCUT2D eigenvalue weighted by molar-refractivity contribution is 5.41. The molecular formula is C19H31NO4. The van der Waals surface area contributed by atoms with E-state index >= 15 is 0 Å². The Bertz CT molecular complexity index is 429. The van der Waals surface area contributed by atoms with E-state index in [1.54, 1.807) is 0 Å². The number of benzene rings is 1. The van der Waals surface area contributed by atoms with Crippen molar-refractivity contribution in [3.63, 3.8) is 0 Å². The van der Waals surface area contributed by atoms with Crippen molar-refractivity contribution in [2.45, 2.75) is 51.2 Å². The summed E-state index contributed by atoms with van der Waals surface area (Å²) >= 11 is 0. The van der Waals surface area contributed by atoms with E-state index in [1.165, 1.54) is 0 Å². The molecule has 5 heteroatoms. The molecule has 1 saturated carbocycles. The predicted octanol–water partition coefficient (Wildman–Crippen LogP) is 3.42. The Hall–Kier alpha value is -1.30. The molecule has 0 radical (unpaired) electrons. The third-order valence-corrected chi connectivity index (χ3v) is 4.11. The molecule has 0 heterocycles. The van der Waals surface area contributed by atoms with E-state index in [-0.39, 0.29) is 6.10 Å². The van der Waals surface area contributed by atoms with Crippen molar-refractivity contribution in [1.29, 1.82) is 0 Å². The van der Waals surface area contributed by atoms with Crippen molar-refractivity contribution in [2.75, 3.05) is 38.8 Å². The van der Waals surface area contributed by atoms with E-state index < -0.39 is 0 Å². The Balaban J connectivity index is 1.49. The van der Waals surface area contributed by atoms with E-state index in [1.807, 2.05) is 24.3 Å². The lowest BCUT2D eigenvalue weighted by Gasteiger charge is -2.29. The van der Waals surface area contributed by atoms with Crippen LogP contribution in [0.1, 0.15) is 39.0 Å². The van der Waals surface area contributed by atoms with Crippen LogP contribution in [0.5, 0.6) is 5.75 Å². The van der Waals surface area contributed by atoms with Crippen LogP contribution in [-0.4, -0.2) is 45.2 Å². The highest BCUT2D eigenvalue weighted by Gasteiger charge is 2.22. The number of hydrogen-bond donors (Lipinski definition) is 1. The summed E-state index contributed by atoms with van der Waals surface area (Å²) in [7, 11) is 0. The first-order valence-electron chi connectivity index (χ1n) is 9.07. The highest BCUT2D eigenvalue weighted by Crippen LogP contribution is 2.25. The summed E-state index contributed by atoms with van der Waals surface area (Å²) in [6, 6.07) is 7.60. The molecule has 1 aromatic rings. The molecule has 1 aromatic carbocycles. The van der Waals surface area contributed by atoms with Gasteiger partial charge in [-0.1, -0.05) is 6.92 Å². The summed E-state index contributed by atoms with van der Waals surface area (Å²) in [6.07, 6.45) is 5.80. The van der Waals surface area contributed by atoms with Gasteiger partial charge in [-0.15, -0.1) is 0 Å². The van der Waals surface area contributed by atoms with Gasteiger partial charge in [-0.05, 0) is 56.4 Å². The van der Waals surface area contributed by atoms with Gasteiger partial charge in [-0.2, -0.15) is 0 Å². The van der Waals surface area contributed by atoms with Crippen molar-refractivity contribution in [2.24, 2.45) is 0 Å². The second kappa shape index (κ2) is 11.3. The van der Waals surface area contributed by atoms with Crippen molar-refractivity contribution in [3.8, 4) is 5.75 Å². The van der Waals surface area contributed by atoms with Gasteiger partial charge in [0.2, 0.25) is 0 Å². The van der Waals surface area contributed by atoms with Crippen LogP contribution in [0.25, 0.3) is 0 Å². The average molecular weight is 337 g/mol. The van der Waals surface area contributed by atoms with Gasteiger partial charge in [0.15, 0.2) is 0 Å². The molecule has 0 amide bonds. The van der Waals surface area contributed by atoms with Gasteiger partial charge in [0.25, 0.3) is 0 Å². The van der Waals surface area contributed by atoms with E-state index in [0.717, 1.165) is 50.1 Å². The summed E-state index contributed by atoms with van der Waals surface area (Å²) < 4.78 is 22.7. The van der Waals surface area contributed by atoms with Gasteiger partial charge in [0, 0.05) is 12.3 Å². The Kier molecular flexibility index (Phi) is 8.95. The SMILES string of the molecule is CCCOCCOCCOC1CCC(Oc2ccc(N)cc2)CC1. The lowest BCUT2D eigenvalue weighted by molar-refractivity contribution is -0.0328. The molecule has 1 aliphatic carbocycles. The van der Waals surface area contributed by atoms with Gasteiger partial charge in [-0.3, -0.25) is 0 Å². The largest absolute Gasteiger partial charge is 0.490 e. The predicted molar refractivity (Wildman–Crippen MR) is 95.4 cm³/mol. The maximum Gasteiger partial charge on any atom is 0.119 e. The van der Waals surface area contributed by atoms with Crippen LogP contribution in [0.3, 0.4) is 0 Å². The maximum atomic E-state index is 6.00. The fourth-order valence-electron chi connectivity index (χ4n) is 2.80. The van der Waals surface area contributed by atoms with Crippen molar-refractivity contribution < 1.29 is 18.9 Å². The smallest absolute Gasteiger partial charge is 0.119 e. The Labute approximate surface area is 145 Å². The molecular weight excluding hydrogens is 306 g/mol. The molecule has 5 nitrogen and oxygen atoms in total. The van der Waals surface area contributed by atoms with Crippen LogP contribution in [0.4, 0.5) is 5.69 Å². The van der Waals surface area contributed by atoms with Crippen LogP contribution in [-0.2, 0) is 14.2 Å². The molecule has 2 N–H and O–H groups in total. The molecule has 0 aliphatic heterocycles. The zero-order valence-electron chi connectivity index (χ0n) is 14.7. The lowest BCUT2D eigenvalue weighted by atomic mass is 9.95. The normalized spacial score (nSPS) is 20.9. The average Bonchev–Trinajstić information content (AvgIpc) is 2.61. The first-order chi connectivity index (χ1) is 11.8. The van der Waals surface area contributed by atoms with Crippen molar-refractivity contribution >= 4 is 5.69 Å². The third-order valence-electron chi connectivity index (χ3n) is 4.11. The van der Waals surface area contributed by atoms with E-state index in [4.69, 9.17) is 24.7 Å². The lowest BCUT2D eigenvalue weighted by Crippen LogP contribution is -2.29. The third kappa shape index (κ3) is 7.51. The first kappa shape index (κ1) is 19.0. The van der Waals surface area contributed by atoms with Crippen LogP contribution in [0.15, 0.2) is 24.3 Å². The fourth-order valence-corrected chi connectivity index (χ4v) is 2.80. The Morgan fingerprint density at radius 1 is 0.833 bits per heavy atom. The first-order valence-corrected chi connectivity index (χ1v) is 9.07. The zero-order chi connectivity index (χ0) is 17.0. The van der Waals surface area contributed by atoms with Crippen molar-refractivity contribution in [1.82, 2.24) is 0 Å². The molecule has 0 aromatic heterocycles. The maximum absolute atomic E-state index is 6.00. The standard InChI is InChI=1S/C19H31NO4/c1-2-11-21-12-13-22-14-15-23-17-7-9-19(10-8-17)24-18-5-3-16(20)4-6-18/h3-6,17,19H,2,7-15,20H2,1H3. The quantitative estimate of drug-likeness (QED) is 0.495. The number of rotatable bonds is 11. The Morgan fingerprint density at radius 2 is 1.42 bits per heavy atom. The summed E-state index contributed by atoms with van der Waals surface area (Å²) in [4.78, 5) is 0. The van der Waals surface area contributed by atoms with Crippen molar-refractivity contribution in [3.05, 3.63) is 24.3 Å². The molecule has 1 aliphatic rings. The molecule has 136 valence electrons. The minimum atomic E-state index is 0.278. The van der Waals surface area contributed by atoms with Gasteiger partial charge in [0.1, 0.15) is 5.75 Å². The van der Waals surface area contributed by atoms with Gasteiger partial charge >= 0.3 is 0 Å². The Morgan fingerprint density at radius 3 is 2.08 bits per heavy atom. The molecule has 0 unspecified atom stereocenters. The number of ether oxygens (including phenoxy) is 4. The molecule has 0 saturated heterocycles. The molecule has 0 atom stereocenters. The fraction of sp³-hybridized carbons (Fsp3) is 0.684. The monoisotopic (exact) mass is 337 g/mol. The van der Waals surface area contributed by atoms with E-state index in [0.29, 0.717) is 32.5 Å². The minimum absolute atomic E-state index is 0.278. The van der Waals surface area contributed by atoms with Crippen LogP contribution < -0.4 is 10.5 Å². The van der Waals surface area contributed by atoms with Crippen LogP contribution >= 0.6 is 0 Å². The summed E-state index contributed by atoms with van der Waals surface area (Å²) in [5.74, 6) is 0.896. The molecule has 1 fully saturated rings. The number of hydrogen-bond acceptors (Lipinski definition) is 5. The second-order valence-electron chi connectivity index (χ2n) is 6.18. The number of anilines is 1. The minimum Gasteiger partial charge on any atom is -0.490 e. The second-order valence-corrected chi connectivity index (χ2v) is 6.18. The highest BCUT2D eigenvalue weighted by atomic mass is 16.5. The molecule has 2 rings (SSSR count). The van der Waals surface area contributed by atoms with E-state index in [9.17, 15) is 0 Å². The van der Waals surface area contributed by atoms with E-state index in [2.05, 4.69) is 6.92 Å². The van der Waals surface area contributed by atoms with Gasteiger partial charge < -0.3 is 24.7 Å². The number of nitrogens with two attached hydrogens (primary N) is 1. The summed E-state index contributed by atoms with van der Waals surface area (Å²) in [6.45, 7) is 5.51. The zero-order valence-corrected chi connectivity index (χ0v) is 14.7. The molecule has 0 bridgehead atoms.